The van der Waals surface area contributed by atoms with Gasteiger partial charge in [-0.2, -0.15) is 0 Å². The lowest BCUT2D eigenvalue weighted by Crippen LogP contribution is -1.97. The highest BCUT2D eigenvalue weighted by Gasteiger charge is 2.03. The Morgan fingerprint density at radius 2 is 1.41 bits per heavy atom. The molecule has 2 aromatic rings. The summed E-state index contributed by atoms with van der Waals surface area (Å²) < 4.78 is 5.85. The summed E-state index contributed by atoms with van der Waals surface area (Å²) in [6.45, 7) is 3.02. The average molecular weight is 441 g/mol. The van der Waals surface area contributed by atoms with Crippen LogP contribution in [-0.2, 0) is 11.2 Å². The van der Waals surface area contributed by atoms with Crippen LogP contribution in [0.1, 0.15) is 96.0 Å². The van der Waals surface area contributed by atoms with Gasteiger partial charge in [0.25, 0.3) is 0 Å². The van der Waals surface area contributed by atoms with Gasteiger partial charge in [0.1, 0.15) is 5.75 Å². The van der Waals surface area contributed by atoms with Crippen LogP contribution < -0.4 is 4.74 Å². The minimum absolute atomic E-state index is 0.290. The number of aromatic nitrogens is 2. The predicted octanol–water partition coefficient (Wildman–Crippen LogP) is 7.24. The van der Waals surface area contributed by atoms with Gasteiger partial charge in [-0.05, 0) is 55.5 Å². The van der Waals surface area contributed by atoms with E-state index in [1.54, 1.807) is 0 Å². The zero-order chi connectivity index (χ0) is 22.9. The Morgan fingerprint density at radius 1 is 0.812 bits per heavy atom. The summed E-state index contributed by atoms with van der Waals surface area (Å²) in [6.07, 6.45) is 19.1. The number of aliphatic carboxylic acids is 1. The first-order valence-electron chi connectivity index (χ1n) is 12.4. The molecule has 0 fully saturated rings. The van der Waals surface area contributed by atoms with E-state index in [4.69, 9.17) is 9.84 Å². The number of rotatable bonds is 18. The maximum absolute atomic E-state index is 10.5. The van der Waals surface area contributed by atoms with E-state index in [2.05, 4.69) is 16.9 Å². The molecule has 0 unspecified atom stereocenters. The van der Waals surface area contributed by atoms with Gasteiger partial charge in [0, 0.05) is 24.4 Å². The first-order chi connectivity index (χ1) is 15.7. The molecule has 0 aliphatic carbocycles. The third-order valence-electron chi connectivity index (χ3n) is 5.69. The molecular formula is C27H40N2O3. The minimum atomic E-state index is -0.693. The normalized spacial score (nSPS) is 10.9. The van der Waals surface area contributed by atoms with E-state index >= 15 is 0 Å². The maximum Gasteiger partial charge on any atom is 0.303 e. The van der Waals surface area contributed by atoms with Crippen molar-refractivity contribution in [2.45, 2.75) is 96.8 Å². The van der Waals surface area contributed by atoms with E-state index < -0.39 is 5.97 Å². The van der Waals surface area contributed by atoms with Crippen molar-refractivity contribution in [3.8, 4) is 17.1 Å². The van der Waals surface area contributed by atoms with Crippen molar-refractivity contribution in [1.29, 1.82) is 0 Å². The first kappa shape index (κ1) is 25.8. The van der Waals surface area contributed by atoms with Crippen molar-refractivity contribution >= 4 is 5.97 Å². The molecule has 1 aromatic carbocycles. The molecule has 0 atom stereocenters. The molecule has 0 radical (unpaired) electrons. The fraction of sp³-hybridized carbons (Fsp3) is 0.593. The topological polar surface area (TPSA) is 72.3 Å². The van der Waals surface area contributed by atoms with Gasteiger partial charge in [0.15, 0.2) is 5.82 Å². The lowest BCUT2D eigenvalue weighted by atomic mass is 10.1. The summed E-state index contributed by atoms with van der Waals surface area (Å²) >= 11 is 0. The second-order valence-corrected chi connectivity index (χ2v) is 8.57. The second kappa shape index (κ2) is 16.2. The Labute approximate surface area is 193 Å². The quantitative estimate of drug-likeness (QED) is 0.247. The van der Waals surface area contributed by atoms with Crippen LogP contribution in [0.3, 0.4) is 0 Å². The highest BCUT2D eigenvalue weighted by molar-refractivity contribution is 5.66. The smallest absolute Gasteiger partial charge is 0.303 e. The van der Waals surface area contributed by atoms with Gasteiger partial charge in [0.05, 0.1) is 6.61 Å². The summed E-state index contributed by atoms with van der Waals surface area (Å²) in [4.78, 5) is 19.6. The van der Waals surface area contributed by atoms with E-state index in [-0.39, 0.29) is 0 Å². The molecule has 0 aliphatic heterocycles. The number of carboxylic acid groups (broad SMARTS) is 1. The van der Waals surface area contributed by atoms with Gasteiger partial charge in [0.2, 0.25) is 0 Å². The predicted molar refractivity (Wildman–Crippen MR) is 130 cm³/mol. The standard InChI is InChI=1S/C27H40N2O3/c1-2-3-4-5-10-13-20-32-25-18-16-24(17-19-25)27-28-21-23(22-29-27)14-11-8-6-7-9-12-15-26(30)31/h16-19,21-22H,2-15,20H2,1H3,(H,30,31). The van der Waals surface area contributed by atoms with Gasteiger partial charge in [-0.1, -0.05) is 64.7 Å². The maximum atomic E-state index is 10.5. The Hall–Kier alpha value is -2.43. The van der Waals surface area contributed by atoms with Crippen molar-refractivity contribution in [2.24, 2.45) is 0 Å². The lowest BCUT2D eigenvalue weighted by molar-refractivity contribution is -0.137. The van der Waals surface area contributed by atoms with Gasteiger partial charge >= 0.3 is 5.97 Å². The first-order valence-corrected chi connectivity index (χ1v) is 12.4. The Kier molecular flexibility index (Phi) is 13.1. The van der Waals surface area contributed by atoms with Crippen LogP contribution in [0.25, 0.3) is 11.4 Å². The van der Waals surface area contributed by atoms with Crippen LogP contribution >= 0.6 is 0 Å². The molecule has 5 heteroatoms. The Balaban J connectivity index is 1.62. The molecule has 1 N–H and O–H groups in total. The number of hydrogen-bond acceptors (Lipinski definition) is 4. The number of ether oxygens (including phenoxy) is 1. The molecule has 176 valence electrons. The lowest BCUT2D eigenvalue weighted by Gasteiger charge is -2.07. The molecular weight excluding hydrogens is 400 g/mol. The van der Waals surface area contributed by atoms with Gasteiger partial charge < -0.3 is 9.84 Å². The number of hydrogen-bond donors (Lipinski definition) is 1. The Morgan fingerprint density at radius 3 is 2.06 bits per heavy atom. The van der Waals surface area contributed by atoms with Crippen molar-refractivity contribution in [3.63, 3.8) is 0 Å². The summed E-state index contributed by atoms with van der Waals surface area (Å²) in [5, 5.41) is 8.64. The van der Waals surface area contributed by atoms with Gasteiger partial charge in [-0.3, -0.25) is 4.79 Å². The SMILES string of the molecule is CCCCCCCCOc1ccc(-c2ncc(CCCCCCCCC(=O)O)cn2)cc1. The fourth-order valence-electron chi connectivity index (χ4n) is 3.72. The highest BCUT2D eigenvalue weighted by Crippen LogP contribution is 2.20. The van der Waals surface area contributed by atoms with Crippen LogP contribution in [0.5, 0.6) is 5.75 Å². The van der Waals surface area contributed by atoms with E-state index in [9.17, 15) is 4.79 Å². The number of aryl methyl sites for hydroxylation is 1. The van der Waals surface area contributed by atoms with Crippen LogP contribution in [0.2, 0.25) is 0 Å². The van der Waals surface area contributed by atoms with Crippen LogP contribution in [0.4, 0.5) is 0 Å². The van der Waals surface area contributed by atoms with Crippen molar-refractivity contribution in [1.82, 2.24) is 9.97 Å². The molecule has 5 nitrogen and oxygen atoms in total. The molecule has 1 aromatic heterocycles. The fourth-order valence-corrected chi connectivity index (χ4v) is 3.72. The van der Waals surface area contributed by atoms with Crippen molar-refractivity contribution in [3.05, 3.63) is 42.2 Å². The summed E-state index contributed by atoms with van der Waals surface area (Å²) in [7, 11) is 0. The minimum Gasteiger partial charge on any atom is -0.494 e. The van der Waals surface area contributed by atoms with Crippen LogP contribution in [-0.4, -0.2) is 27.7 Å². The third kappa shape index (κ3) is 11.3. The van der Waals surface area contributed by atoms with Crippen molar-refractivity contribution in [2.75, 3.05) is 6.61 Å². The number of nitrogens with zero attached hydrogens (tertiary/aromatic N) is 2. The molecule has 0 aliphatic rings. The number of benzene rings is 1. The number of carboxylic acids is 1. The summed E-state index contributed by atoms with van der Waals surface area (Å²) in [5.74, 6) is 0.956. The van der Waals surface area contributed by atoms with E-state index in [0.717, 1.165) is 75.1 Å². The van der Waals surface area contributed by atoms with Crippen LogP contribution in [0, 0.1) is 0 Å². The van der Waals surface area contributed by atoms with Crippen LogP contribution in [0.15, 0.2) is 36.7 Å². The van der Waals surface area contributed by atoms with Gasteiger partial charge in [-0.25, -0.2) is 9.97 Å². The van der Waals surface area contributed by atoms with Crippen molar-refractivity contribution < 1.29 is 14.6 Å². The summed E-state index contributed by atoms with van der Waals surface area (Å²) in [6, 6.07) is 8.05. The molecule has 0 amide bonds. The zero-order valence-corrected chi connectivity index (χ0v) is 19.7. The summed E-state index contributed by atoms with van der Waals surface area (Å²) in [5.41, 5.74) is 2.17. The largest absolute Gasteiger partial charge is 0.494 e. The molecule has 0 spiro atoms. The number of unbranched alkanes of at least 4 members (excludes halogenated alkanes) is 10. The van der Waals surface area contributed by atoms with Gasteiger partial charge in [-0.15, -0.1) is 0 Å². The Bertz CT molecular complexity index is 745. The second-order valence-electron chi connectivity index (χ2n) is 8.57. The average Bonchev–Trinajstić information content (AvgIpc) is 2.81. The monoisotopic (exact) mass is 440 g/mol. The van der Waals surface area contributed by atoms with E-state index in [1.165, 1.54) is 37.7 Å². The van der Waals surface area contributed by atoms with E-state index in [0.29, 0.717) is 6.42 Å². The van der Waals surface area contributed by atoms with E-state index in [1.807, 2.05) is 36.7 Å². The molecule has 0 bridgehead atoms. The highest BCUT2D eigenvalue weighted by atomic mass is 16.5. The molecule has 2 rings (SSSR count). The zero-order valence-electron chi connectivity index (χ0n) is 19.7. The number of carbonyl (C=O) groups is 1. The molecule has 0 saturated carbocycles. The third-order valence-corrected chi connectivity index (χ3v) is 5.69. The molecule has 32 heavy (non-hydrogen) atoms. The molecule has 0 saturated heterocycles. The molecule has 1 heterocycles.